The number of hydrogen-bond donors (Lipinski definition) is 1. The van der Waals surface area contributed by atoms with Crippen LogP contribution in [0.4, 0.5) is 5.69 Å². The monoisotopic (exact) mass is 390 g/mol. The van der Waals surface area contributed by atoms with E-state index in [1.54, 1.807) is 19.1 Å². The van der Waals surface area contributed by atoms with Crippen molar-refractivity contribution in [3.8, 4) is 0 Å². The summed E-state index contributed by atoms with van der Waals surface area (Å²) in [7, 11) is -3.57. The largest absolute Gasteiger partial charge is 0.349 e. The minimum atomic E-state index is -3.57. The van der Waals surface area contributed by atoms with Crippen LogP contribution in [0.2, 0.25) is 0 Å². The normalized spacial score (nSPS) is 32.9. The lowest BCUT2D eigenvalue weighted by Crippen LogP contribution is -2.62. The number of carbonyl (C=O) groups excluding carboxylic acids is 1. The molecule has 0 heterocycles. The molecular weight excluding hydrogens is 360 g/mol. The molecule has 5 rings (SSSR count). The zero-order valence-corrected chi connectivity index (χ0v) is 17.3. The highest BCUT2D eigenvalue weighted by atomic mass is 32.2. The lowest BCUT2D eigenvalue weighted by molar-refractivity contribution is -0.127. The molecule has 5 nitrogen and oxygen atoms in total. The van der Waals surface area contributed by atoms with Gasteiger partial charge in [0.1, 0.15) is 6.04 Å². The van der Waals surface area contributed by atoms with Crippen LogP contribution in [0.25, 0.3) is 0 Å². The number of hydrogen-bond acceptors (Lipinski definition) is 3. The Morgan fingerprint density at radius 3 is 2.00 bits per heavy atom. The summed E-state index contributed by atoms with van der Waals surface area (Å²) in [4.78, 5) is 13.1. The van der Waals surface area contributed by atoms with Gasteiger partial charge in [0, 0.05) is 5.54 Å². The summed E-state index contributed by atoms with van der Waals surface area (Å²) >= 11 is 0. The Morgan fingerprint density at radius 2 is 1.56 bits per heavy atom. The van der Waals surface area contributed by atoms with Crippen molar-refractivity contribution in [1.82, 2.24) is 5.32 Å². The maximum Gasteiger partial charge on any atom is 0.244 e. The molecule has 4 fully saturated rings. The van der Waals surface area contributed by atoms with Gasteiger partial charge in [-0.2, -0.15) is 0 Å². The third-order valence-electron chi connectivity index (χ3n) is 6.80. The molecule has 148 valence electrons. The number of carbonyl (C=O) groups is 1. The molecule has 0 unspecified atom stereocenters. The highest BCUT2D eigenvalue weighted by Gasteiger charge is 2.52. The maximum atomic E-state index is 13.1. The van der Waals surface area contributed by atoms with E-state index in [9.17, 15) is 13.2 Å². The van der Waals surface area contributed by atoms with E-state index in [0.717, 1.165) is 42.6 Å². The van der Waals surface area contributed by atoms with E-state index in [0.29, 0.717) is 5.69 Å². The third kappa shape index (κ3) is 3.60. The fraction of sp³-hybridized carbons (Fsp3) is 0.667. The first-order chi connectivity index (χ1) is 12.7. The molecule has 0 saturated heterocycles. The number of nitrogens with zero attached hydrogens (tertiary/aromatic N) is 1. The molecule has 0 spiro atoms. The van der Waals surface area contributed by atoms with Crippen LogP contribution in [0.3, 0.4) is 0 Å². The first-order valence-corrected chi connectivity index (χ1v) is 11.9. The van der Waals surface area contributed by atoms with E-state index >= 15 is 0 Å². The summed E-state index contributed by atoms with van der Waals surface area (Å²) in [5.41, 5.74) is 1.48. The zero-order chi connectivity index (χ0) is 19.4. The molecule has 4 saturated carbocycles. The zero-order valence-electron chi connectivity index (χ0n) is 16.4. The van der Waals surface area contributed by atoms with Gasteiger partial charge in [0.2, 0.25) is 15.9 Å². The van der Waals surface area contributed by atoms with E-state index in [4.69, 9.17) is 0 Å². The summed E-state index contributed by atoms with van der Waals surface area (Å²) in [5, 5.41) is 3.31. The Kier molecular flexibility index (Phi) is 4.53. The number of rotatable bonds is 5. The van der Waals surface area contributed by atoms with Crippen molar-refractivity contribution in [3.05, 3.63) is 29.8 Å². The smallest absolute Gasteiger partial charge is 0.244 e. The van der Waals surface area contributed by atoms with Gasteiger partial charge in [0.25, 0.3) is 0 Å². The quantitative estimate of drug-likeness (QED) is 0.839. The Labute approximate surface area is 162 Å². The van der Waals surface area contributed by atoms with Gasteiger partial charge in [0.15, 0.2) is 0 Å². The van der Waals surface area contributed by atoms with Crippen LogP contribution in [0.5, 0.6) is 0 Å². The summed E-state index contributed by atoms with van der Waals surface area (Å²) in [6.45, 7) is 3.65. The highest BCUT2D eigenvalue weighted by Crippen LogP contribution is 2.55. The minimum Gasteiger partial charge on any atom is -0.349 e. The van der Waals surface area contributed by atoms with Crippen LogP contribution < -0.4 is 9.62 Å². The van der Waals surface area contributed by atoms with Crippen molar-refractivity contribution in [2.24, 2.45) is 17.8 Å². The highest BCUT2D eigenvalue weighted by molar-refractivity contribution is 7.92. The van der Waals surface area contributed by atoms with Crippen molar-refractivity contribution < 1.29 is 13.2 Å². The Bertz CT molecular complexity index is 796. The first kappa shape index (κ1) is 18.8. The summed E-state index contributed by atoms with van der Waals surface area (Å²) in [6, 6.07) is 6.51. The lowest BCUT2D eigenvalue weighted by Gasteiger charge is -2.57. The van der Waals surface area contributed by atoms with Crippen molar-refractivity contribution in [1.29, 1.82) is 0 Å². The van der Waals surface area contributed by atoms with Crippen LogP contribution in [-0.4, -0.2) is 32.2 Å². The average Bonchev–Trinajstić information content (AvgIpc) is 2.53. The number of amides is 1. The molecule has 4 aliphatic rings. The van der Waals surface area contributed by atoms with Crippen LogP contribution in [0.15, 0.2) is 24.3 Å². The average molecular weight is 391 g/mol. The van der Waals surface area contributed by atoms with Gasteiger partial charge in [-0.1, -0.05) is 17.7 Å². The van der Waals surface area contributed by atoms with Gasteiger partial charge in [-0.05, 0) is 82.3 Å². The van der Waals surface area contributed by atoms with Crippen LogP contribution in [0.1, 0.15) is 51.0 Å². The molecular formula is C21H30N2O3S. The van der Waals surface area contributed by atoms with E-state index < -0.39 is 16.1 Å². The van der Waals surface area contributed by atoms with Gasteiger partial charge in [-0.15, -0.1) is 0 Å². The topological polar surface area (TPSA) is 66.5 Å². The van der Waals surface area contributed by atoms with E-state index in [1.807, 2.05) is 19.1 Å². The van der Waals surface area contributed by atoms with Gasteiger partial charge in [0.05, 0.1) is 11.9 Å². The predicted octanol–water partition coefficient (Wildman–Crippen LogP) is 3.23. The molecule has 1 atom stereocenters. The molecule has 4 aliphatic carbocycles. The summed E-state index contributed by atoms with van der Waals surface area (Å²) < 4.78 is 26.2. The molecule has 0 radical (unpaired) electrons. The number of aryl methyl sites for hydroxylation is 1. The van der Waals surface area contributed by atoms with Gasteiger partial charge >= 0.3 is 0 Å². The van der Waals surface area contributed by atoms with Gasteiger partial charge in [-0.3, -0.25) is 9.10 Å². The van der Waals surface area contributed by atoms with Crippen LogP contribution in [0, 0.1) is 24.7 Å². The molecule has 1 aromatic rings. The van der Waals surface area contributed by atoms with Crippen molar-refractivity contribution in [3.63, 3.8) is 0 Å². The van der Waals surface area contributed by atoms with Gasteiger partial charge in [-0.25, -0.2) is 8.42 Å². The number of anilines is 1. The Balaban J connectivity index is 1.56. The van der Waals surface area contributed by atoms with Crippen molar-refractivity contribution in [2.75, 3.05) is 10.6 Å². The number of sulfonamides is 1. The SMILES string of the molecule is Cc1ccc(N([C@H](C)C(=O)NC23CC4CC(CC(C4)C2)C3)S(C)(=O)=O)cc1. The van der Waals surface area contributed by atoms with E-state index in [1.165, 1.54) is 29.8 Å². The minimum absolute atomic E-state index is 0.115. The summed E-state index contributed by atoms with van der Waals surface area (Å²) in [5.74, 6) is 2.02. The number of nitrogens with one attached hydrogen (secondary N) is 1. The Morgan fingerprint density at radius 1 is 1.07 bits per heavy atom. The molecule has 1 N–H and O–H groups in total. The first-order valence-electron chi connectivity index (χ1n) is 10.0. The van der Waals surface area contributed by atoms with Gasteiger partial charge < -0.3 is 5.32 Å². The van der Waals surface area contributed by atoms with Crippen LogP contribution in [-0.2, 0) is 14.8 Å². The molecule has 0 aliphatic heterocycles. The fourth-order valence-electron chi connectivity index (χ4n) is 6.13. The number of benzene rings is 1. The van der Waals surface area contributed by atoms with Crippen molar-refractivity contribution >= 4 is 21.6 Å². The molecule has 27 heavy (non-hydrogen) atoms. The van der Waals surface area contributed by atoms with Crippen LogP contribution >= 0.6 is 0 Å². The molecule has 0 aromatic heterocycles. The standard InChI is InChI=1S/C21H30N2O3S/c1-14-4-6-19(7-5-14)23(27(3,25)26)15(2)20(24)22-21-11-16-8-17(12-21)10-18(9-16)13-21/h4-7,15-18H,8-13H2,1-3H3,(H,22,24)/t15-,16?,17?,18?,21?/m1/s1. The maximum absolute atomic E-state index is 13.1. The van der Waals surface area contributed by atoms with E-state index in [2.05, 4.69) is 5.32 Å². The summed E-state index contributed by atoms with van der Waals surface area (Å²) in [6.07, 6.45) is 8.26. The van der Waals surface area contributed by atoms with Crippen molar-refractivity contribution in [2.45, 2.75) is 64.0 Å². The molecule has 1 aromatic carbocycles. The predicted molar refractivity (Wildman–Crippen MR) is 107 cm³/mol. The molecule has 6 heteroatoms. The Hall–Kier alpha value is -1.56. The second-order valence-corrected chi connectivity index (χ2v) is 11.1. The second kappa shape index (κ2) is 6.50. The van der Waals surface area contributed by atoms with E-state index in [-0.39, 0.29) is 11.4 Å². The fourth-order valence-corrected chi connectivity index (χ4v) is 7.30. The second-order valence-electron chi connectivity index (χ2n) is 9.26. The molecule has 1 amide bonds. The molecule has 4 bridgehead atoms. The third-order valence-corrected chi connectivity index (χ3v) is 8.05. The lowest BCUT2D eigenvalue weighted by atomic mass is 9.53.